The summed E-state index contributed by atoms with van der Waals surface area (Å²) in [6, 6.07) is 6.96. The van der Waals surface area contributed by atoms with Gasteiger partial charge in [-0.3, -0.25) is 9.48 Å². The predicted molar refractivity (Wildman–Crippen MR) is 91.0 cm³/mol. The lowest BCUT2D eigenvalue weighted by Crippen LogP contribution is -2.30. The molecule has 23 heavy (non-hydrogen) atoms. The molecule has 1 aromatic carbocycles. The number of carbonyl (C=O) groups is 1. The molecule has 0 fully saturated rings. The first-order chi connectivity index (χ1) is 10.9. The number of hydrogen-bond acceptors (Lipinski definition) is 4. The summed E-state index contributed by atoms with van der Waals surface area (Å²) in [5.41, 5.74) is 0.648. The van der Waals surface area contributed by atoms with Crippen molar-refractivity contribution in [3.05, 3.63) is 41.7 Å². The molecule has 1 heterocycles. The lowest BCUT2D eigenvalue weighted by molar-refractivity contribution is -0.122. The van der Waals surface area contributed by atoms with E-state index in [4.69, 9.17) is 16.3 Å². The number of hydrogen-bond donors (Lipinski definition) is 1. The van der Waals surface area contributed by atoms with Crippen LogP contribution in [0.3, 0.4) is 0 Å². The van der Waals surface area contributed by atoms with Gasteiger partial charge < -0.3 is 15.0 Å². The average molecular weight is 337 g/mol. The number of likely N-dealkylation sites (N-methyl/N-ethyl adjacent to an activating group) is 1. The van der Waals surface area contributed by atoms with Crippen LogP contribution >= 0.6 is 11.6 Å². The monoisotopic (exact) mass is 336 g/mol. The highest BCUT2D eigenvalue weighted by molar-refractivity contribution is 6.30. The summed E-state index contributed by atoms with van der Waals surface area (Å²) in [6.45, 7) is 3.33. The first-order valence-electron chi connectivity index (χ1n) is 7.34. The number of anilines is 1. The fraction of sp³-hybridized carbons (Fsp3) is 0.375. The van der Waals surface area contributed by atoms with Crippen molar-refractivity contribution in [1.82, 2.24) is 14.7 Å². The predicted octanol–water partition coefficient (Wildman–Crippen LogP) is 2.50. The fourth-order valence-corrected chi connectivity index (χ4v) is 2.07. The van der Waals surface area contributed by atoms with Crippen LogP contribution in [-0.4, -0.2) is 47.3 Å². The molecule has 0 saturated carbocycles. The van der Waals surface area contributed by atoms with E-state index in [0.29, 0.717) is 16.5 Å². The molecular weight excluding hydrogens is 316 g/mol. The Hall–Kier alpha value is -2.05. The topological polar surface area (TPSA) is 59.4 Å². The molecule has 0 aliphatic heterocycles. The summed E-state index contributed by atoms with van der Waals surface area (Å²) >= 11 is 5.90. The molecule has 7 heteroatoms. The molecule has 0 bridgehead atoms. The second-order valence-corrected chi connectivity index (χ2v) is 5.94. The van der Waals surface area contributed by atoms with Crippen molar-refractivity contribution in [2.24, 2.45) is 0 Å². The molecule has 0 aliphatic rings. The molecule has 0 radical (unpaired) electrons. The molecular formula is C16H21ClN4O2. The largest absolute Gasteiger partial charge is 0.481 e. The Balaban J connectivity index is 1.88. The van der Waals surface area contributed by atoms with Crippen molar-refractivity contribution in [1.29, 1.82) is 0 Å². The minimum atomic E-state index is -0.640. The van der Waals surface area contributed by atoms with E-state index < -0.39 is 6.10 Å². The van der Waals surface area contributed by atoms with Crippen LogP contribution in [-0.2, 0) is 11.3 Å². The number of halogens is 1. The quantitative estimate of drug-likeness (QED) is 0.844. The van der Waals surface area contributed by atoms with Gasteiger partial charge in [0.1, 0.15) is 5.75 Å². The lowest BCUT2D eigenvalue weighted by Gasteiger charge is -2.14. The lowest BCUT2D eigenvalue weighted by atomic mass is 10.3. The average Bonchev–Trinajstić information content (AvgIpc) is 2.92. The van der Waals surface area contributed by atoms with Gasteiger partial charge in [0.2, 0.25) is 0 Å². The molecule has 0 saturated heterocycles. The zero-order chi connectivity index (χ0) is 16.8. The second kappa shape index (κ2) is 7.99. The maximum absolute atomic E-state index is 12.2. The van der Waals surface area contributed by atoms with Gasteiger partial charge in [-0.05, 0) is 39.2 Å². The van der Waals surface area contributed by atoms with E-state index in [1.807, 2.05) is 14.1 Å². The number of aromatic nitrogens is 2. The van der Waals surface area contributed by atoms with Gasteiger partial charge in [0.15, 0.2) is 6.10 Å². The van der Waals surface area contributed by atoms with E-state index >= 15 is 0 Å². The van der Waals surface area contributed by atoms with E-state index in [1.165, 1.54) is 0 Å². The molecule has 1 aromatic heterocycles. The molecule has 1 atom stereocenters. The van der Waals surface area contributed by atoms with Gasteiger partial charge in [0.05, 0.1) is 18.4 Å². The first-order valence-corrected chi connectivity index (χ1v) is 7.72. The van der Waals surface area contributed by atoms with Gasteiger partial charge in [0.25, 0.3) is 5.91 Å². The normalized spacial score (nSPS) is 12.2. The standard InChI is InChI=1S/C16H21ClN4O2/c1-12(23-15-6-4-5-13(17)9-15)16(22)19-14-10-18-21(11-14)8-7-20(2)3/h4-6,9-12H,7-8H2,1-3H3,(H,19,22). The van der Waals surface area contributed by atoms with Crippen molar-refractivity contribution in [3.8, 4) is 5.75 Å². The molecule has 2 aromatic rings. The van der Waals surface area contributed by atoms with Gasteiger partial charge in [-0.25, -0.2) is 0 Å². The molecule has 124 valence electrons. The summed E-state index contributed by atoms with van der Waals surface area (Å²) in [4.78, 5) is 14.2. The summed E-state index contributed by atoms with van der Waals surface area (Å²) in [7, 11) is 4.00. The minimum absolute atomic E-state index is 0.239. The zero-order valence-corrected chi connectivity index (χ0v) is 14.2. The number of amides is 1. The van der Waals surface area contributed by atoms with Crippen LogP contribution in [0.4, 0.5) is 5.69 Å². The van der Waals surface area contributed by atoms with E-state index in [1.54, 1.807) is 48.3 Å². The van der Waals surface area contributed by atoms with Gasteiger partial charge in [-0.1, -0.05) is 17.7 Å². The smallest absolute Gasteiger partial charge is 0.265 e. The Morgan fingerprint density at radius 2 is 2.26 bits per heavy atom. The summed E-state index contributed by atoms with van der Waals surface area (Å²) in [5, 5.41) is 7.57. The van der Waals surface area contributed by atoms with Crippen LogP contribution in [0.1, 0.15) is 6.92 Å². The number of benzene rings is 1. The maximum atomic E-state index is 12.2. The maximum Gasteiger partial charge on any atom is 0.265 e. The third-order valence-corrected chi connectivity index (χ3v) is 3.39. The SMILES string of the molecule is CC(Oc1cccc(Cl)c1)C(=O)Nc1cnn(CCN(C)C)c1. The van der Waals surface area contributed by atoms with Gasteiger partial charge in [0, 0.05) is 17.8 Å². The van der Waals surface area contributed by atoms with E-state index in [2.05, 4.69) is 15.3 Å². The van der Waals surface area contributed by atoms with E-state index in [9.17, 15) is 4.79 Å². The van der Waals surface area contributed by atoms with Crippen LogP contribution in [0, 0.1) is 0 Å². The van der Waals surface area contributed by atoms with E-state index in [0.717, 1.165) is 13.1 Å². The van der Waals surface area contributed by atoms with Gasteiger partial charge in [-0.2, -0.15) is 5.10 Å². The Bertz CT molecular complexity index is 657. The number of nitrogens with zero attached hydrogens (tertiary/aromatic N) is 3. The third kappa shape index (κ3) is 5.58. The Morgan fingerprint density at radius 1 is 1.48 bits per heavy atom. The highest BCUT2D eigenvalue weighted by Crippen LogP contribution is 2.18. The van der Waals surface area contributed by atoms with Gasteiger partial charge in [-0.15, -0.1) is 0 Å². The molecule has 1 N–H and O–H groups in total. The van der Waals surface area contributed by atoms with Crippen LogP contribution in [0.15, 0.2) is 36.7 Å². The minimum Gasteiger partial charge on any atom is -0.481 e. The van der Waals surface area contributed by atoms with E-state index in [-0.39, 0.29) is 5.91 Å². The van der Waals surface area contributed by atoms with Crippen molar-refractivity contribution < 1.29 is 9.53 Å². The summed E-state index contributed by atoms with van der Waals surface area (Å²) in [5.74, 6) is 0.318. The van der Waals surface area contributed by atoms with Crippen molar-refractivity contribution >= 4 is 23.2 Å². The third-order valence-electron chi connectivity index (χ3n) is 3.16. The molecule has 0 aliphatic carbocycles. The van der Waals surface area contributed by atoms with Crippen LogP contribution < -0.4 is 10.1 Å². The molecule has 6 nitrogen and oxygen atoms in total. The number of ether oxygens (including phenoxy) is 1. The van der Waals surface area contributed by atoms with Crippen LogP contribution in [0.2, 0.25) is 5.02 Å². The van der Waals surface area contributed by atoms with Crippen molar-refractivity contribution in [3.63, 3.8) is 0 Å². The second-order valence-electron chi connectivity index (χ2n) is 5.50. The van der Waals surface area contributed by atoms with Crippen molar-refractivity contribution in [2.75, 3.05) is 26.0 Å². The van der Waals surface area contributed by atoms with Gasteiger partial charge >= 0.3 is 0 Å². The first kappa shape index (κ1) is 17.3. The summed E-state index contributed by atoms with van der Waals surface area (Å²) < 4.78 is 7.37. The highest BCUT2D eigenvalue weighted by Gasteiger charge is 2.15. The highest BCUT2D eigenvalue weighted by atomic mass is 35.5. The Kier molecular flexibility index (Phi) is 6.01. The van der Waals surface area contributed by atoms with Crippen molar-refractivity contribution in [2.45, 2.75) is 19.6 Å². The molecule has 2 rings (SSSR count). The Morgan fingerprint density at radius 3 is 2.96 bits per heavy atom. The number of nitrogens with one attached hydrogen (secondary N) is 1. The van der Waals surface area contributed by atoms with Crippen LogP contribution in [0.5, 0.6) is 5.75 Å². The molecule has 1 unspecified atom stereocenters. The zero-order valence-electron chi connectivity index (χ0n) is 13.5. The Labute approximate surface area is 141 Å². The molecule has 1 amide bonds. The fourth-order valence-electron chi connectivity index (χ4n) is 1.89. The summed E-state index contributed by atoms with van der Waals surface area (Å²) in [6.07, 6.45) is 2.78. The number of carbonyl (C=O) groups excluding carboxylic acids is 1. The molecule has 0 spiro atoms. The van der Waals surface area contributed by atoms with Crippen LogP contribution in [0.25, 0.3) is 0 Å². The number of rotatable bonds is 7.